The van der Waals surface area contributed by atoms with E-state index in [1.165, 1.54) is 0 Å². The van der Waals surface area contributed by atoms with Crippen LogP contribution in [0.5, 0.6) is 0 Å². The molecule has 3 nitrogen and oxygen atoms in total. The van der Waals surface area contributed by atoms with E-state index >= 15 is 0 Å². The number of alkyl halides is 3. The van der Waals surface area contributed by atoms with Crippen molar-refractivity contribution in [2.24, 2.45) is 0 Å². The molecule has 0 unspecified atom stereocenters. The molecular weight excluding hydrogens is 261 g/mol. The Morgan fingerprint density at radius 1 is 1.21 bits per heavy atom. The Labute approximate surface area is 108 Å². The molecule has 0 aliphatic rings. The highest BCUT2D eigenvalue weighted by atomic mass is 19.4. The van der Waals surface area contributed by atoms with Crippen LogP contribution in [-0.2, 0) is 10.9 Å². The smallest absolute Gasteiger partial charge is 0.416 e. The summed E-state index contributed by atoms with van der Waals surface area (Å²) >= 11 is 0. The van der Waals surface area contributed by atoms with Crippen LogP contribution in [0.3, 0.4) is 0 Å². The molecule has 0 radical (unpaired) electrons. The molecule has 1 aromatic rings. The number of esters is 1. The first-order chi connectivity index (χ1) is 8.54. The molecule has 0 aliphatic heterocycles. The molecule has 0 spiro atoms. The van der Waals surface area contributed by atoms with Gasteiger partial charge in [0.25, 0.3) is 0 Å². The molecule has 0 saturated heterocycles. The third-order valence-corrected chi connectivity index (χ3v) is 2.13. The fraction of sp³-hybridized carbons (Fsp3) is 0.385. The van der Waals surface area contributed by atoms with Gasteiger partial charge in [0.15, 0.2) is 6.29 Å². The molecule has 0 fully saturated rings. The van der Waals surface area contributed by atoms with E-state index in [9.17, 15) is 22.8 Å². The molecular formula is C13H13F3O3. The van der Waals surface area contributed by atoms with Crippen molar-refractivity contribution in [2.75, 3.05) is 0 Å². The highest BCUT2D eigenvalue weighted by Crippen LogP contribution is 2.30. The summed E-state index contributed by atoms with van der Waals surface area (Å²) in [7, 11) is 0. The van der Waals surface area contributed by atoms with Crippen molar-refractivity contribution in [1.29, 1.82) is 0 Å². The van der Waals surface area contributed by atoms with E-state index in [0.717, 1.165) is 12.1 Å². The van der Waals surface area contributed by atoms with Crippen LogP contribution in [0.2, 0.25) is 0 Å². The number of hydrogen-bond acceptors (Lipinski definition) is 3. The predicted octanol–water partition coefficient (Wildman–Crippen LogP) is 3.47. The van der Waals surface area contributed by atoms with Gasteiger partial charge in [-0.2, -0.15) is 13.2 Å². The van der Waals surface area contributed by atoms with Crippen molar-refractivity contribution in [2.45, 2.75) is 32.5 Å². The van der Waals surface area contributed by atoms with Crippen molar-refractivity contribution in [3.63, 3.8) is 0 Å². The van der Waals surface area contributed by atoms with Gasteiger partial charge >= 0.3 is 12.1 Å². The lowest BCUT2D eigenvalue weighted by Crippen LogP contribution is -2.25. The molecule has 6 heteroatoms. The van der Waals surface area contributed by atoms with Gasteiger partial charge in [0, 0.05) is 5.56 Å². The summed E-state index contributed by atoms with van der Waals surface area (Å²) in [5.41, 5.74) is -2.38. The second-order valence-electron chi connectivity index (χ2n) is 4.92. The summed E-state index contributed by atoms with van der Waals surface area (Å²) in [6, 6.07) is 2.32. The van der Waals surface area contributed by atoms with Crippen LogP contribution in [0.25, 0.3) is 0 Å². The molecule has 0 aromatic heterocycles. The van der Waals surface area contributed by atoms with Gasteiger partial charge in [-0.15, -0.1) is 0 Å². The minimum Gasteiger partial charge on any atom is -0.456 e. The van der Waals surface area contributed by atoms with Crippen molar-refractivity contribution >= 4 is 12.3 Å². The van der Waals surface area contributed by atoms with Crippen molar-refractivity contribution in [3.05, 3.63) is 34.9 Å². The zero-order valence-corrected chi connectivity index (χ0v) is 10.7. The average molecular weight is 274 g/mol. The molecule has 0 aliphatic carbocycles. The number of benzene rings is 1. The largest absolute Gasteiger partial charge is 0.456 e. The lowest BCUT2D eigenvalue weighted by molar-refractivity contribution is -0.137. The van der Waals surface area contributed by atoms with E-state index in [4.69, 9.17) is 4.74 Å². The highest BCUT2D eigenvalue weighted by molar-refractivity contribution is 5.98. The maximum Gasteiger partial charge on any atom is 0.416 e. The lowest BCUT2D eigenvalue weighted by Gasteiger charge is -2.20. The van der Waals surface area contributed by atoms with Crippen molar-refractivity contribution in [3.8, 4) is 0 Å². The molecule has 1 rings (SSSR count). The minimum atomic E-state index is -4.59. The van der Waals surface area contributed by atoms with Gasteiger partial charge in [-0.3, -0.25) is 4.79 Å². The third kappa shape index (κ3) is 4.08. The van der Waals surface area contributed by atoms with Crippen LogP contribution in [-0.4, -0.2) is 17.9 Å². The van der Waals surface area contributed by atoms with Crippen LogP contribution < -0.4 is 0 Å². The van der Waals surface area contributed by atoms with Crippen molar-refractivity contribution < 1.29 is 27.5 Å². The van der Waals surface area contributed by atoms with Crippen LogP contribution in [0.15, 0.2) is 18.2 Å². The molecule has 0 amide bonds. The fourth-order valence-corrected chi connectivity index (χ4v) is 1.35. The Hall–Kier alpha value is -1.85. The number of halogens is 3. The SMILES string of the molecule is CC(C)(C)OC(=O)c1cc(C(F)(F)F)ccc1C=O. The average Bonchev–Trinajstić information content (AvgIpc) is 2.24. The van der Waals surface area contributed by atoms with E-state index in [-0.39, 0.29) is 11.1 Å². The Morgan fingerprint density at radius 3 is 2.21 bits per heavy atom. The first-order valence-electron chi connectivity index (χ1n) is 5.44. The summed E-state index contributed by atoms with van der Waals surface area (Å²) in [5, 5.41) is 0. The fourth-order valence-electron chi connectivity index (χ4n) is 1.35. The maximum atomic E-state index is 12.6. The first kappa shape index (κ1) is 15.2. The maximum absolute atomic E-state index is 12.6. The number of rotatable bonds is 2. The van der Waals surface area contributed by atoms with Gasteiger partial charge in [-0.05, 0) is 32.9 Å². The van der Waals surface area contributed by atoms with E-state index < -0.39 is 23.3 Å². The molecule has 19 heavy (non-hydrogen) atoms. The Bertz CT molecular complexity index is 499. The molecule has 1 aromatic carbocycles. The monoisotopic (exact) mass is 274 g/mol. The van der Waals surface area contributed by atoms with E-state index in [0.29, 0.717) is 12.4 Å². The van der Waals surface area contributed by atoms with E-state index in [1.54, 1.807) is 20.8 Å². The van der Waals surface area contributed by atoms with Crippen molar-refractivity contribution in [1.82, 2.24) is 0 Å². The Morgan fingerprint density at radius 2 is 1.79 bits per heavy atom. The summed E-state index contributed by atoms with van der Waals surface area (Å²) in [6.07, 6.45) is -4.27. The molecule has 0 N–H and O–H groups in total. The number of carbonyl (C=O) groups excluding carboxylic acids is 2. The van der Waals surface area contributed by atoms with Gasteiger partial charge in [-0.25, -0.2) is 4.79 Å². The van der Waals surface area contributed by atoms with Gasteiger partial charge in [0.2, 0.25) is 0 Å². The van der Waals surface area contributed by atoms with Crippen LogP contribution in [0.1, 0.15) is 47.1 Å². The molecule has 104 valence electrons. The predicted molar refractivity (Wildman–Crippen MR) is 62.0 cm³/mol. The van der Waals surface area contributed by atoms with Crippen LogP contribution in [0.4, 0.5) is 13.2 Å². The Balaban J connectivity index is 3.24. The molecule has 0 heterocycles. The van der Waals surface area contributed by atoms with Gasteiger partial charge in [0.1, 0.15) is 5.60 Å². The topological polar surface area (TPSA) is 43.4 Å². The second kappa shape index (κ2) is 5.03. The van der Waals surface area contributed by atoms with Gasteiger partial charge in [-0.1, -0.05) is 6.07 Å². The Kier molecular flexibility index (Phi) is 4.03. The second-order valence-corrected chi connectivity index (χ2v) is 4.92. The summed E-state index contributed by atoms with van der Waals surface area (Å²) in [4.78, 5) is 22.5. The van der Waals surface area contributed by atoms with Crippen LogP contribution >= 0.6 is 0 Å². The normalized spacial score (nSPS) is 12.1. The standard InChI is InChI=1S/C13H13F3O3/c1-12(2,3)19-11(18)10-6-9(13(14,15)16)5-4-8(10)7-17/h4-7H,1-3H3. The van der Waals surface area contributed by atoms with Gasteiger partial charge in [0.05, 0.1) is 11.1 Å². The lowest BCUT2D eigenvalue weighted by atomic mass is 10.0. The minimum absolute atomic E-state index is 0.137. The van der Waals surface area contributed by atoms with Gasteiger partial charge < -0.3 is 4.74 Å². The highest BCUT2D eigenvalue weighted by Gasteiger charge is 2.32. The summed E-state index contributed by atoms with van der Waals surface area (Å²) < 4.78 is 42.7. The number of carbonyl (C=O) groups is 2. The van der Waals surface area contributed by atoms with E-state index in [2.05, 4.69) is 0 Å². The number of ether oxygens (including phenoxy) is 1. The summed E-state index contributed by atoms with van der Waals surface area (Å²) in [5.74, 6) is -0.958. The first-order valence-corrected chi connectivity index (χ1v) is 5.44. The summed E-state index contributed by atoms with van der Waals surface area (Å²) in [6.45, 7) is 4.75. The molecule has 0 saturated carbocycles. The quantitative estimate of drug-likeness (QED) is 0.612. The van der Waals surface area contributed by atoms with E-state index in [1.807, 2.05) is 0 Å². The number of hydrogen-bond donors (Lipinski definition) is 0. The zero-order valence-electron chi connectivity index (χ0n) is 10.7. The zero-order chi connectivity index (χ0) is 14.8. The molecule has 0 bridgehead atoms. The third-order valence-electron chi connectivity index (χ3n) is 2.13. The molecule has 0 atom stereocenters. The number of aldehydes is 1. The van der Waals surface area contributed by atoms with Crippen LogP contribution in [0, 0.1) is 0 Å².